The fourth-order valence-electron chi connectivity index (χ4n) is 1.83. The summed E-state index contributed by atoms with van der Waals surface area (Å²) < 4.78 is 0.804. The van der Waals surface area contributed by atoms with Crippen LogP contribution in [0, 0.1) is 6.92 Å². The van der Waals surface area contributed by atoms with Crippen molar-refractivity contribution in [2.45, 2.75) is 26.4 Å². The van der Waals surface area contributed by atoms with Crippen LogP contribution < -0.4 is 5.32 Å². The molecule has 0 radical (unpaired) electrons. The fraction of sp³-hybridized carbons (Fsp3) is 0.286. The number of nitrogens with one attached hydrogen (secondary N) is 1. The van der Waals surface area contributed by atoms with E-state index >= 15 is 0 Å². The Labute approximate surface area is 116 Å². The van der Waals surface area contributed by atoms with Crippen molar-refractivity contribution in [2.75, 3.05) is 0 Å². The molecule has 0 saturated carbocycles. The summed E-state index contributed by atoms with van der Waals surface area (Å²) in [5, 5.41) is 13.2. The summed E-state index contributed by atoms with van der Waals surface area (Å²) in [5.74, 6) is 0.338. The number of phenols is 1. The molecule has 0 aliphatic heterocycles. The normalized spacial score (nSPS) is 12.6. The second-order valence-corrected chi connectivity index (χ2v) is 6.17. The first-order valence-electron chi connectivity index (χ1n) is 5.83. The van der Waals surface area contributed by atoms with Crippen LogP contribution in [0.2, 0.25) is 4.34 Å². The van der Waals surface area contributed by atoms with Crippen molar-refractivity contribution in [3.63, 3.8) is 0 Å². The van der Waals surface area contributed by atoms with Gasteiger partial charge in [0.2, 0.25) is 0 Å². The Bertz CT molecular complexity index is 538. The predicted octanol–water partition coefficient (Wildman–Crippen LogP) is 4.27. The molecule has 18 heavy (non-hydrogen) atoms. The van der Waals surface area contributed by atoms with E-state index < -0.39 is 0 Å². The zero-order valence-electron chi connectivity index (χ0n) is 10.4. The predicted molar refractivity (Wildman–Crippen MR) is 77.4 cm³/mol. The van der Waals surface area contributed by atoms with Crippen LogP contribution in [0.3, 0.4) is 0 Å². The second-order valence-electron chi connectivity index (χ2n) is 4.37. The lowest BCUT2D eigenvalue weighted by Gasteiger charge is -2.15. The van der Waals surface area contributed by atoms with Gasteiger partial charge in [-0.2, -0.15) is 0 Å². The number of aromatic hydroxyl groups is 1. The van der Waals surface area contributed by atoms with Gasteiger partial charge in [-0.05, 0) is 32.0 Å². The van der Waals surface area contributed by atoms with Crippen molar-refractivity contribution in [3.05, 3.63) is 50.7 Å². The third kappa shape index (κ3) is 3.25. The molecule has 0 aliphatic carbocycles. The molecule has 1 heterocycles. The Kier molecular flexibility index (Phi) is 4.27. The smallest absolute Gasteiger partial charge is 0.120 e. The maximum Gasteiger partial charge on any atom is 0.120 e. The van der Waals surface area contributed by atoms with E-state index in [0.29, 0.717) is 5.75 Å². The zero-order valence-corrected chi connectivity index (χ0v) is 12.0. The van der Waals surface area contributed by atoms with Gasteiger partial charge in [-0.25, -0.2) is 0 Å². The van der Waals surface area contributed by atoms with Crippen LogP contribution >= 0.6 is 22.9 Å². The molecule has 0 bridgehead atoms. The van der Waals surface area contributed by atoms with Crippen molar-refractivity contribution in [2.24, 2.45) is 0 Å². The highest BCUT2D eigenvalue weighted by Gasteiger charge is 2.10. The molecule has 0 fully saturated rings. The van der Waals surface area contributed by atoms with Gasteiger partial charge in [-0.1, -0.05) is 29.3 Å². The van der Waals surface area contributed by atoms with Crippen molar-refractivity contribution < 1.29 is 5.11 Å². The van der Waals surface area contributed by atoms with Gasteiger partial charge in [0, 0.05) is 23.0 Å². The van der Waals surface area contributed by atoms with Crippen molar-refractivity contribution in [1.29, 1.82) is 0 Å². The van der Waals surface area contributed by atoms with Crippen LogP contribution in [0.1, 0.15) is 29.0 Å². The standard InChI is InChI=1S/C14H16ClNOS/c1-9-3-5-13(17)12(7-9)10(2)16-8-11-4-6-14(15)18-11/h3-7,10,16-17H,8H2,1-2H3. The van der Waals surface area contributed by atoms with Crippen molar-refractivity contribution in [3.8, 4) is 5.75 Å². The van der Waals surface area contributed by atoms with Crippen LogP contribution in [0.15, 0.2) is 30.3 Å². The van der Waals surface area contributed by atoms with Crippen molar-refractivity contribution in [1.82, 2.24) is 5.32 Å². The van der Waals surface area contributed by atoms with Crippen LogP contribution in [0.25, 0.3) is 0 Å². The number of aryl methyl sites for hydroxylation is 1. The van der Waals surface area contributed by atoms with Gasteiger partial charge in [0.15, 0.2) is 0 Å². The Balaban J connectivity index is 2.03. The monoisotopic (exact) mass is 281 g/mol. The molecule has 2 nitrogen and oxygen atoms in total. The van der Waals surface area contributed by atoms with E-state index in [-0.39, 0.29) is 6.04 Å². The zero-order chi connectivity index (χ0) is 13.1. The van der Waals surface area contributed by atoms with E-state index in [1.807, 2.05) is 38.1 Å². The maximum absolute atomic E-state index is 9.85. The van der Waals surface area contributed by atoms with E-state index in [9.17, 15) is 5.11 Å². The molecule has 1 aromatic carbocycles. The van der Waals surface area contributed by atoms with Gasteiger partial charge in [-0.3, -0.25) is 0 Å². The summed E-state index contributed by atoms with van der Waals surface area (Å²) in [6.07, 6.45) is 0. The molecule has 0 saturated heterocycles. The lowest BCUT2D eigenvalue weighted by molar-refractivity contribution is 0.452. The van der Waals surface area contributed by atoms with Gasteiger partial charge < -0.3 is 10.4 Å². The number of hydrogen-bond acceptors (Lipinski definition) is 3. The minimum atomic E-state index is 0.103. The molecule has 2 aromatic rings. The highest BCUT2D eigenvalue weighted by Crippen LogP contribution is 2.26. The Morgan fingerprint density at radius 2 is 2.11 bits per heavy atom. The summed E-state index contributed by atoms with van der Waals surface area (Å²) in [6, 6.07) is 9.68. The molecule has 1 aromatic heterocycles. The Morgan fingerprint density at radius 1 is 1.33 bits per heavy atom. The Hall–Kier alpha value is -1.03. The molecular formula is C14H16ClNOS. The number of hydrogen-bond donors (Lipinski definition) is 2. The third-order valence-corrected chi connectivity index (χ3v) is 4.09. The summed E-state index contributed by atoms with van der Waals surface area (Å²) in [4.78, 5) is 1.19. The molecule has 2 N–H and O–H groups in total. The van der Waals surface area contributed by atoms with Crippen LogP contribution in [0.5, 0.6) is 5.75 Å². The molecule has 0 spiro atoms. The number of thiophene rings is 1. The van der Waals surface area contributed by atoms with Gasteiger partial charge in [0.1, 0.15) is 5.75 Å². The van der Waals surface area contributed by atoms with Crippen LogP contribution in [0.4, 0.5) is 0 Å². The summed E-state index contributed by atoms with van der Waals surface area (Å²) in [5.41, 5.74) is 2.08. The van der Waals surface area contributed by atoms with Crippen LogP contribution in [-0.4, -0.2) is 5.11 Å². The molecular weight excluding hydrogens is 266 g/mol. The summed E-state index contributed by atoms with van der Waals surface area (Å²) in [6.45, 7) is 4.82. The van der Waals surface area contributed by atoms with E-state index in [0.717, 1.165) is 22.0 Å². The quantitative estimate of drug-likeness (QED) is 0.877. The van der Waals surface area contributed by atoms with Gasteiger partial charge >= 0.3 is 0 Å². The first-order valence-corrected chi connectivity index (χ1v) is 7.03. The number of rotatable bonds is 4. The molecule has 0 aliphatic rings. The van der Waals surface area contributed by atoms with Gasteiger partial charge in [0.05, 0.1) is 4.34 Å². The molecule has 2 rings (SSSR count). The Morgan fingerprint density at radius 3 is 2.78 bits per heavy atom. The van der Waals surface area contributed by atoms with E-state index in [1.54, 1.807) is 17.4 Å². The minimum absolute atomic E-state index is 0.103. The molecule has 4 heteroatoms. The second kappa shape index (κ2) is 5.74. The highest BCUT2D eigenvalue weighted by atomic mass is 35.5. The number of halogens is 1. The van der Waals surface area contributed by atoms with Gasteiger partial charge in [0.25, 0.3) is 0 Å². The minimum Gasteiger partial charge on any atom is -0.508 e. The third-order valence-electron chi connectivity index (χ3n) is 2.86. The summed E-state index contributed by atoms with van der Waals surface area (Å²) in [7, 11) is 0. The lowest BCUT2D eigenvalue weighted by Crippen LogP contribution is -2.17. The number of benzene rings is 1. The fourth-order valence-corrected chi connectivity index (χ4v) is 2.87. The average molecular weight is 282 g/mol. The highest BCUT2D eigenvalue weighted by molar-refractivity contribution is 7.16. The first-order chi connectivity index (χ1) is 8.56. The maximum atomic E-state index is 9.85. The van der Waals surface area contributed by atoms with Crippen molar-refractivity contribution >= 4 is 22.9 Å². The molecule has 1 unspecified atom stereocenters. The first kappa shape index (κ1) is 13.4. The van der Waals surface area contributed by atoms with E-state index in [2.05, 4.69) is 5.32 Å². The van der Waals surface area contributed by atoms with Gasteiger partial charge in [-0.15, -0.1) is 11.3 Å². The number of phenolic OH excluding ortho intramolecular Hbond substituents is 1. The van der Waals surface area contributed by atoms with E-state index in [4.69, 9.17) is 11.6 Å². The molecule has 96 valence electrons. The van der Waals surface area contributed by atoms with Crippen LogP contribution in [-0.2, 0) is 6.54 Å². The van der Waals surface area contributed by atoms with E-state index in [1.165, 1.54) is 4.88 Å². The summed E-state index contributed by atoms with van der Waals surface area (Å²) >= 11 is 7.46. The largest absolute Gasteiger partial charge is 0.508 e. The molecule has 0 amide bonds. The SMILES string of the molecule is Cc1ccc(O)c(C(C)NCc2ccc(Cl)s2)c1. The lowest BCUT2D eigenvalue weighted by atomic mass is 10.0. The average Bonchev–Trinajstić information content (AvgIpc) is 2.75. The topological polar surface area (TPSA) is 32.3 Å². The molecule has 1 atom stereocenters.